The van der Waals surface area contributed by atoms with Crippen LogP contribution in [0.15, 0.2) is 12.1 Å². The first-order valence-electron chi connectivity index (χ1n) is 7.58. The zero-order valence-electron chi connectivity index (χ0n) is 14.8. The summed E-state index contributed by atoms with van der Waals surface area (Å²) in [4.78, 5) is 23.1. The Morgan fingerprint density at radius 1 is 1.29 bits per heavy atom. The molecule has 0 aliphatic carbocycles. The van der Waals surface area contributed by atoms with Gasteiger partial charge in [0.2, 0.25) is 0 Å². The minimum absolute atomic E-state index is 0.376. The van der Waals surface area contributed by atoms with E-state index < -0.39 is 17.7 Å². The lowest BCUT2D eigenvalue weighted by Crippen LogP contribution is -2.32. The molecule has 3 N–H and O–H groups in total. The fraction of sp³-hybridized carbons (Fsp3) is 0.444. The zero-order valence-corrected chi connectivity index (χ0v) is 14.8. The highest BCUT2D eigenvalue weighted by atomic mass is 16.6. The van der Waals surface area contributed by atoms with Crippen molar-refractivity contribution in [2.75, 3.05) is 19.4 Å². The van der Waals surface area contributed by atoms with Crippen LogP contribution in [-0.2, 0) is 9.47 Å². The molecular formula is C18H24N2O4. The molecule has 1 amide bonds. The number of alkyl carbamates (subject to hydrolysis) is 1. The number of nitrogens with two attached hydrogens (primary N) is 1. The highest BCUT2D eigenvalue weighted by Gasteiger charge is 2.15. The van der Waals surface area contributed by atoms with Gasteiger partial charge in [-0.05, 0) is 45.4 Å². The summed E-state index contributed by atoms with van der Waals surface area (Å²) in [6.07, 6.45) is -0.0154. The second kappa shape index (κ2) is 8.25. The van der Waals surface area contributed by atoms with E-state index in [2.05, 4.69) is 17.2 Å². The van der Waals surface area contributed by atoms with Crippen molar-refractivity contribution in [2.24, 2.45) is 0 Å². The average molecular weight is 332 g/mol. The normalized spacial score (nSPS) is 10.4. The number of rotatable bonds is 3. The molecule has 0 bridgehead atoms. The van der Waals surface area contributed by atoms with Crippen molar-refractivity contribution in [2.45, 2.75) is 39.7 Å². The lowest BCUT2D eigenvalue weighted by Gasteiger charge is -2.19. The van der Waals surface area contributed by atoms with Gasteiger partial charge in [0.1, 0.15) is 5.60 Å². The van der Waals surface area contributed by atoms with E-state index in [9.17, 15) is 9.59 Å². The molecule has 0 saturated heterocycles. The van der Waals surface area contributed by atoms with Crippen LogP contribution >= 0.6 is 0 Å². The number of ether oxygens (including phenoxy) is 2. The minimum atomic E-state index is -0.525. The fourth-order valence-electron chi connectivity index (χ4n) is 1.86. The van der Waals surface area contributed by atoms with E-state index in [-0.39, 0.29) is 0 Å². The smallest absolute Gasteiger partial charge is 0.407 e. The number of amides is 1. The molecule has 1 rings (SSSR count). The maximum atomic E-state index is 11.6. The minimum Gasteiger partial charge on any atom is -0.465 e. The number of anilines is 1. The summed E-state index contributed by atoms with van der Waals surface area (Å²) in [6, 6.07) is 3.31. The molecule has 0 aliphatic heterocycles. The van der Waals surface area contributed by atoms with Crippen molar-refractivity contribution in [3.05, 3.63) is 28.8 Å². The summed E-state index contributed by atoms with van der Waals surface area (Å²) in [5.74, 6) is 5.44. The van der Waals surface area contributed by atoms with Gasteiger partial charge in [-0.25, -0.2) is 9.59 Å². The van der Waals surface area contributed by atoms with E-state index in [1.165, 1.54) is 7.11 Å². The third-order valence-electron chi connectivity index (χ3n) is 2.94. The first-order chi connectivity index (χ1) is 11.1. The standard InChI is InChI=1S/C18H24N2O4/c1-12-10-13(15(19)11-14(12)16(21)23-5)8-6-7-9-20-17(22)24-18(2,3)4/h10-11H,7,9,19H2,1-5H3,(H,20,22). The van der Waals surface area contributed by atoms with Crippen LogP contribution in [0.25, 0.3) is 0 Å². The van der Waals surface area contributed by atoms with Crippen LogP contribution in [0.5, 0.6) is 0 Å². The van der Waals surface area contributed by atoms with Gasteiger partial charge >= 0.3 is 12.1 Å². The molecule has 0 unspecified atom stereocenters. The predicted octanol–water partition coefficient (Wildman–Crippen LogP) is 2.63. The van der Waals surface area contributed by atoms with E-state index >= 15 is 0 Å². The molecule has 0 fully saturated rings. The molecule has 0 spiro atoms. The van der Waals surface area contributed by atoms with Crippen molar-refractivity contribution in [1.29, 1.82) is 0 Å². The summed E-state index contributed by atoms with van der Waals surface area (Å²) in [6.45, 7) is 7.57. The van der Waals surface area contributed by atoms with Gasteiger partial charge in [0, 0.05) is 24.2 Å². The van der Waals surface area contributed by atoms with Crippen LogP contribution < -0.4 is 11.1 Å². The molecular weight excluding hydrogens is 308 g/mol. The van der Waals surface area contributed by atoms with Crippen LogP contribution in [0.2, 0.25) is 0 Å². The Balaban J connectivity index is 2.63. The Kier molecular flexibility index (Phi) is 6.66. The summed E-state index contributed by atoms with van der Waals surface area (Å²) < 4.78 is 9.82. The lowest BCUT2D eigenvalue weighted by molar-refractivity contribution is 0.0527. The number of benzene rings is 1. The molecule has 0 atom stereocenters. The Morgan fingerprint density at radius 3 is 2.54 bits per heavy atom. The Bertz CT molecular complexity index is 679. The summed E-state index contributed by atoms with van der Waals surface area (Å²) >= 11 is 0. The largest absolute Gasteiger partial charge is 0.465 e. The molecule has 0 aromatic heterocycles. The van der Waals surface area contributed by atoms with Crippen LogP contribution in [0.4, 0.5) is 10.5 Å². The van der Waals surface area contributed by atoms with E-state index in [4.69, 9.17) is 15.2 Å². The monoisotopic (exact) mass is 332 g/mol. The number of carbonyl (C=O) groups excluding carboxylic acids is 2. The summed E-state index contributed by atoms with van der Waals surface area (Å²) in [5.41, 5.74) is 7.60. The van der Waals surface area contributed by atoms with Crippen LogP contribution in [0.1, 0.15) is 48.7 Å². The van der Waals surface area contributed by atoms with E-state index in [1.54, 1.807) is 39.8 Å². The molecule has 6 nitrogen and oxygen atoms in total. The van der Waals surface area contributed by atoms with Gasteiger partial charge < -0.3 is 20.5 Å². The van der Waals surface area contributed by atoms with Gasteiger partial charge in [0.15, 0.2) is 0 Å². The third kappa shape index (κ3) is 6.21. The third-order valence-corrected chi connectivity index (χ3v) is 2.94. The molecule has 0 aliphatic rings. The Morgan fingerprint density at radius 2 is 1.96 bits per heavy atom. The summed E-state index contributed by atoms with van der Waals surface area (Å²) in [5, 5.41) is 2.63. The number of hydrogen-bond acceptors (Lipinski definition) is 5. The molecule has 24 heavy (non-hydrogen) atoms. The second-order valence-electron chi connectivity index (χ2n) is 6.23. The first kappa shape index (κ1) is 19.4. The fourth-order valence-corrected chi connectivity index (χ4v) is 1.86. The van der Waals surface area contributed by atoms with Crippen molar-refractivity contribution in [3.63, 3.8) is 0 Å². The number of hydrogen-bond donors (Lipinski definition) is 2. The molecule has 130 valence electrons. The number of aryl methyl sites for hydroxylation is 1. The SMILES string of the molecule is COC(=O)c1cc(N)c(C#CCCNC(=O)OC(C)(C)C)cc1C. The maximum Gasteiger partial charge on any atom is 0.407 e. The number of nitrogens with one attached hydrogen (secondary N) is 1. The van der Waals surface area contributed by atoms with Crippen molar-refractivity contribution >= 4 is 17.7 Å². The predicted molar refractivity (Wildman–Crippen MR) is 92.7 cm³/mol. The topological polar surface area (TPSA) is 90.6 Å². The van der Waals surface area contributed by atoms with Gasteiger partial charge in [-0.15, -0.1) is 0 Å². The zero-order chi connectivity index (χ0) is 18.3. The van der Waals surface area contributed by atoms with Gasteiger partial charge in [0.05, 0.1) is 12.7 Å². The Hall–Kier alpha value is -2.68. The van der Waals surface area contributed by atoms with Gasteiger partial charge in [0.25, 0.3) is 0 Å². The van der Waals surface area contributed by atoms with Crippen molar-refractivity contribution in [1.82, 2.24) is 5.32 Å². The molecule has 1 aromatic carbocycles. The molecule has 0 heterocycles. The maximum absolute atomic E-state index is 11.6. The van der Waals surface area contributed by atoms with Gasteiger partial charge in [-0.2, -0.15) is 0 Å². The highest BCUT2D eigenvalue weighted by Crippen LogP contribution is 2.18. The van der Waals surface area contributed by atoms with Crippen LogP contribution in [0, 0.1) is 18.8 Å². The van der Waals surface area contributed by atoms with Crippen LogP contribution in [0.3, 0.4) is 0 Å². The number of methoxy groups -OCH3 is 1. The molecule has 0 saturated carbocycles. The first-order valence-corrected chi connectivity index (χ1v) is 7.58. The molecule has 6 heteroatoms. The number of esters is 1. The number of nitrogen functional groups attached to an aromatic ring is 1. The highest BCUT2D eigenvalue weighted by molar-refractivity contribution is 5.92. The van der Waals surface area contributed by atoms with E-state index in [1.807, 2.05) is 0 Å². The molecule has 0 radical (unpaired) electrons. The average Bonchev–Trinajstić information content (AvgIpc) is 2.47. The van der Waals surface area contributed by atoms with Gasteiger partial charge in [-0.3, -0.25) is 0 Å². The second-order valence-corrected chi connectivity index (χ2v) is 6.23. The van der Waals surface area contributed by atoms with Crippen molar-refractivity contribution in [3.8, 4) is 11.8 Å². The van der Waals surface area contributed by atoms with E-state index in [0.717, 1.165) is 5.56 Å². The Labute approximate surface area is 142 Å². The van der Waals surface area contributed by atoms with Crippen LogP contribution in [-0.4, -0.2) is 31.3 Å². The summed E-state index contributed by atoms with van der Waals surface area (Å²) in [7, 11) is 1.32. The quantitative estimate of drug-likeness (QED) is 0.384. The van der Waals surface area contributed by atoms with Crippen molar-refractivity contribution < 1.29 is 19.1 Å². The lowest BCUT2D eigenvalue weighted by atomic mass is 10.0. The van der Waals surface area contributed by atoms with E-state index in [0.29, 0.717) is 29.8 Å². The van der Waals surface area contributed by atoms with Gasteiger partial charge in [-0.1, -0.05) is 11.8 Å². The molecule has 1 aromatic rings. The number of carbonyl (C=O) groups is 2.